The summed E-state index contributed by atoms with van der Waals surface area (Å²) in [7, 11) is 0. The molecule has 0 aliphatic heterocycles. The summed E-state index contributed by atoms with van der Waals surface area (Å²) in [5.41, 5.74) is 8.88. The van der Waals surface area contributed by atoms with Gasteiger partial charge in [0.1, 0.15) is 0 Å². The van der Waals surface area contributed by atoms with Crippen LogP contribution in [0.15, 0.2) is 24.4 Å². The van der Waals surface area contributed by atoms with Crippen LogP contribution in [0.3, 0.4) is 0 Å². The van der Waals surface area contributed by atoms with E-state index in [4.69, 9.17) is 0 Å². The Morgan fingerprint density at radius 1 is 1.25 bits per heavy atom. The summed E-state index contributed by atoms with van der Waals surface area (Å²) in [5.74, 6) is 0.449. The van der Waals surface area contributed by atoms with Crippen LogP contribution in [0.5, 0.6) is 0 Å². The largest absolute Gasteiger partial charge is 0.325 e. The fraction of sp³-hybridized carbons (Fsp3) is 0.714. The Bertz CT molecular complexity index is 253. The highest BCUT2D eigenvalue weighted by atomic mass is 15.4. The van der Waals surface area contributed by atoms with E-state index in [-0.39, 0.29) is 5.41 Å². The molecule has 0 fully saturated rings. The van der Waals surface area contributed by atoms with Crippen LogP contribution in [-0.4, -0.2) is 6.04 Å². The van der Waals surface area contributed by atoms with Crippen molar-refractivity contribution in [2.45, 2.75) is 54.0 Å². The maximum absolute atomic E-state index is 4.08. The number of allylic oxidation sites excluding steroid dienone is 1. The van der Waals surface area contributed by atoms with Crippen LogP contribution in [0.25, 0.3) is 0 Å². The van der Waals surface area contributed by atoms with Crippen molar-refractivity contribution in [1.29, 1.82) is 0 Å². The molecule has 0 spiro atoms. The number of nitrogens with one attached hydrogen (secondary N) is 2. The lowest BCUT2D eigenvalue weighted by molar-refractivity contribution is 0.341. The second-order valence-electron chi connectivity index (χ2n) is 5.41. The molecule has 0 amide bonds. The summed E-state index contributed by atoms with van der Waals surface area (Å²) in [5, 5.41) is 0. The fourth-order valence-electron chi connectivity index (χ4n) is 1.14. The lowest BCUT2D eigenvalue weighted by atomic mass is 9.87. The van der Waals surface area contributed by atoms with Gasteiger partial charge in [0.15, 0.2) is 0 Å². The van der Waals surface area contributed by atoms with Crippen LogP contribution >= 0.6 is 0 Å². The Morgan fingerprint density at radius 3 is 2.12 bits per heavy atom. The first-order valence-electron chi connectivity index (χ1n) is 6.08. The average molecular weight is 224 g/mol. The van der Waals surface area contributed by atoms with Gasteiger partial charge in [0.2, 0.25) is 0 Å². The van der Waals surface area contributed by atoms with Crippen molar-refractivity contribution in [3.8, 4) is 0 Å². The maximum Gasteiger partial charge on any atom is 0.0294 e. The molecule has 2 nitrogen and oxygen atoms in total. The molecule has 0 radical (unpaired) electrons. The molecule has 0 saturated carbocycles. The van der Waals surface area contributed by atoms with Crippen molar-refractivity contribution in [3.63, 3.8) is 0 Å². The molecule has 2 heteroatoms. The van der Waals surface area contributed by atoms with Crippen LogP contribution < -0.4 is 10.9 Å². The highest BCUT2D eigenvalue weighted by Crippen LogP contribution is 2.26. The Hall–Kier alpha value is -0.760. The molecule has 0 heterocycles. The van der Waals surface area contributed by atoms with Crippen LogP contribution in [0.4, 0.5) is 0 Å². The molecular formula is C14H28N2. The Balaban J connectivity index is 4.16. The van der Waals surface area contributed by atoms with E-state index < -0.39 is 0 Å². The molecule has 94 valence electrons. The molecule has 0 rings (SSSR count). The Morgan fingerprint density at radius 2 is 1.75 bits per heavy atom. The molecular weight excluding hydrogens is 196 g/mol. The van der Waals surface area contributed by atoms with Crippen LogP contribution in [0.2, 0.25) is 0 Å². The predicted octanol–water partition coefficient (Wildman–Crippen LogP) is 3.63. The minimum atomic E-state index is 0.124. The first-order chi connectivity index (χ1) is 7.22. The third-order valence-corrected chi connectivity index (χ3v) is 3.68. The second-order valence-corrected chi connectivity index (χ2v) is 5.41. The van der Waals surface area contributed by atoms with Crippen molar-refractivity contribution in [1.82, 2.24) is 10.9 Å². The minimum absolute atomic E-state index is 0.124. The van der Waals surface area contributed by atoms with Gasteiger partial charge in [0.25, 0.3) is 0 Å². The SMILES string of the molecule is C=C(C)C(C)C(C)NNC(=C)C(C)(C)CC. The summed E-state index contributed by atoms with van der Waals surface area (Å²) >= 11 is 0. The van der Waals surface area contributed by atoms with Gasteiger partial charge in [0.05, 0.1) is 0 Å². The molecule has 2 atom stereocenters. The smallest absolute Gasteiger partial charge is 0.0294 e. The predicted molar refractivity (Wildman–Crippen MR) is 72.9 cm³/mol. The lowest BCUT2D eigenvalue weighted by Gasteiger charge is -2.30. The van der Waals surface area contributed by atoms with E-state index in [1.165, 1.54) is 5.57 Å². The van der Waals surface area contributed by atoms with E-state index in [2.05, 4.69) is 65.6 Å². The average Bonchev–Trinajstić information content (AvgIpc) is 2.23. The van der Waals surface area contributed by atoms with Gasteiger partial charge in [-0.05, 0) is 26.2 Å². The first-order valence-corrected chi connectivity index (χ1v) is 6.08. The molecule has 0 aromatic heterocycles. The molecule has 0 aromatic rings. The molecule has 0 aliphatic rings. The third kappa shape index (κ3) is 4.40. The van der Waals surface area contributed by atoms with Crippen LogP contribution in [-0.2, 0) is 0 Å². The summed E-state index contributed by atoms with van der Waals surface area (Å²) in [6.45, 7) is 21.0. The van der Waals surface area contributed by atoms with E-state index in [1.54, 1.807) is 0 Å². The second kappa shape index (κ2) is 6.09. The summed E-state index contributed by atoms with van der Waals surface area (Å²) < 4.78 is 0. The lowest BCUT2D eigenvalue weighted by Crippen LogP contribution is -2.44. The molecule has 0 bridgehead atoms. The summed E-state index contributed by atoms with van der Waals surface area (Å²) in [4.78, 5) is 0. The van der Waals surface area contributed by atoms with Crippen molar-refractivity contribution in [3.05, 3.63) is 24.4 Å². The minimum Gasteiger partial charge on any atom is -0.325 e. The summed E-state index contributed by atoms with van der Waals surface area (Å²) in [6.07, 6.45) is 1.07. The molecule has 0 saturated heterocycles. The van der Waals surface area contributed by atoms with Gasteiger partial charge >= 0.3 is 0 Å². The molecule has 0 aromatic carbocycles. The zero-order valence-electron chi connectivity index (χ0n) is 11.8. The van der Waals surface area contributed by atoms with E-state index in [0.717, 1.165) is 12.1 Å². The van der Waals surface area contributed by atoms with Gasteiger partial charge in [-0.2, -0.15) is 0 Å². The van der Waals surface area contributed by atoms with E-state index in [9.17, 15) is 0 Å². The van der Waals surface area contributed by atoms with E-state index >= 15 is 0 Å². The van der Waals surface area contributed by atoms with Crippen molar-refractivity contribution in [2.75, 3.05) is 0 Å². The molecule has 2 N–H and O–H groups in total. The van der Waals surface area contributed by atoms with Crippen molar-refractivity contribution in [2.24, 2.45) is 11.3 Å². The zero-order chi connectivity index (χ0) is 12.9. The van der Waals surface area contributed by atoms with E-state index in [0.29, 0.717) is 12.0 Å². The van der Waals surface area contributed by atoms with Gasteiger partial charge in [-0.15, -0.1) is 0 Å². The van der Waals surface area contributed by atoms with Gasteiger partial charge in [-0.3, -0.25) is 0 Å². The highest BCUT2D eigenvalue weighted by Gasteiger charge is 2.20. The Labute approximate surface area is 101 Å². The van der Waals surface area contributed by atoms with Gasteiger partial charge in [-0.1, -0.05) is 46.4 Å². The normalized spacial score (nSPS) is 15.4. The van der Waals surface area contributed by atoms with Crippen LogP contribution in [0.1, 0.15) is 48.0 Å². The standard InChI is InChI=1S/C14H28N2/c1-9-14(7,8)13(6)16-15-12(5)11(4)10(2)3/h11-12,15-16H,2,6,9H2,1,3-5,7-8H3. The number of rotatable bonds is 7. The summed E-state index contributed by atoms with van der Waals surface area (Å²) in [6, 6.07) is 0.349. The van der Waals surface area contributed by atoms with Crippen LogP contribution in [0, 0.1) is 11.3 Å². The molecule has 2 unspecified atom stereocenters. The monoisotopic (exact) mass is 224 g/mol. The molecule has 0 aliphatic carbocycles. The van der Waals surface area contributed by atoms with Gasteiger partial charge in [-0.25, -0.2) is 5.43 Å². The number of hydrogen-bond donors (Lipinski definition) is 2. The fourth-order valence-corrected chi connectivity index (χ4v) is 1.14. The highest BCUT2D eigenvalue weighted by molar-refractivity contribution is 5.04. The topological polar surface area (TPSA) is 24.1 Å². The van der Waals surface area contributed by atoms with Gasteiger partial charge < -0.3 is 5.43 Å². The number of hydrazine groups is 1. The Kier molecular flexibility index (Phi) is 5.80. The quantitative estimate of drug-likeness (QED) is 0.510. The van der Waals surface area contributed by atoms with Gasteiger partial charge in [0, 0.05) is 17.2 Å². The third-order valence-electron chi connectivity index (χ3n) is 3.68. The van der Waals surface area contributed by atoms with E-state index in [1.807, 2.05) is 0 Å². The first kappa shape index (κ1) is 15.2. The zero-order valence-corrected chi connectivity index (χ0v) is 11.8. The van der Waals surface area contributed by atoms with Crippen molar-refractivity contribution >= 4 is 0 Å². The maximum atomic E-state index is 4.08. The molecule has 16 heavy (non-hydrogen) atoms. The van der Waals surface area contributed by atoms with Crippen molar-refractivity contribution < 1.29 is 0 Å². The number of hydrogen-bond acceptors (Lipinski definition) is 2.